The molecule has 0 aliphatic heterocycles. The Morgan fingerprint density at radius 2 is 1.61 bits per heavy atom. The van der Waals surface area contributed by atoms with Gasteiger partial charge in [0.25, 0.3) is 5.91 Å². The van der Waals surface area contributed by atoms with Crippen LogP contribution in [-0.2, 0) is 4.74 Å². The molecule has 5 nitrogen and oxygen atoms in total. The number of hydrogen-bond donors (Lipinski definition) is 1. The first kappa shape index (κ1) is 16.4. The van der Waals surface area contributed by atoms with Crippen LogP contribution in [0.25, 0.3) is 0 Å². The van der Waals surface area contributed by atoms with Gasteiger partial charge in [-0.15, -0.1) is 0 Å². The minimum absolute atomic E-state index is 0.0764. The van der Waals surface area contributed by atoms with Crippen LogP contribution in [0.1, 0.15) is 20.7 Å². The number of methoxy groups -OCH3 is 1. The van der Waals surface area contributed by atoms with E-state index in [4.69, 9.17) is 0 Å². The number of halogens is 2. The second-order valence-corrected chi connectivity index (χ2v) is 4.37. The second-order valence-electron chi connectivity index (χ2n) is 4.37. The van der Waals surface area contributed by atoms with Gasteiger partial charge < -0.3 is 14.8 Å². The van der Waals surface area contributed by atoms with E-state index in [1.54, 1.807) is 12.1 Å². The summed E-state index contributed by atoms with van der Waals surface area (Å²) in [6.07, 6.45) is 0. The maximum Gasteiger partial charge on any atom is 0.387 e. The topological polar surface area (TPSA) is 64.6 Å². The molecule has 7 heteroatoms. The van der Waals surface area contributed by atoms with Gasteiger partial charge in [0.05, 0.1) is 23.9 Å². The van der Waals surface area contributed by atoms with Crippen LogP contribution in [0.15, 0.2) is 48.5 Å². The van der Waals surface area contributed by atoms with Crippen LogP contribution in [0.3, 0.4) is 0 Å². The molecule has 0 spiro atoms. The second kappa shape index (κ2) is 7.35. The Balaban J connectivity index is 2.29. The van der Waals surface area contributed by atoms with Crippen molar-refractivity contribution in [2.24, 2.45) is 0 Å². The molecule has 2 aromatic carbocycles. The number of ether oxygens (including phenoxy) is 2. The highest BCUT2D eigenvalue weighted by Gasteiger charge is 2.18. The van der Waals surface area contributed by atoms with Gasteiger partial charge in [0.2, 0.25) is 0 Å². The Morgan fingerprint density at radius 1 is 1.00 bits per heavy atom. The maximum atomic E-state index is 12.4. The van der Waals surface area contributed by atoms with Gasteiger partial charge in [0.15, 0.2) is 0 Å². The van der Waals surface area contributed by atoms with Crippen LogP contribution in [0, 0.1) is 0 Å². The van der Waals surface area contributed by atoms with E-state index < -0.39 is 18.5 Å². The quantitative estimate of drug-likeness (QED) is 0.858. The number of amides is 1. The van der Waals surface area contributed by atoms with Crippen LogP contribution in [0.4, 0.5) is 14.5 Å². The average Bonchev–Trinajstić information content (AvgIpc) is 2.54. The molecule has 0 saturated heterocycles. The zero-order chi connectivity index (χ0) is 16.8. The minimum atomic E-state index is -3.05. The Kier molecular flexibility index (Phi) is 5.24. The zero-order valence-electron chi connectivity index (χ0n) is 12.1. The molecule has 1 N–H and O–H groups in total. The highest BCUT2D eigenvalue weighted by atomic mass is 19.3. The van der Waals surface area contributed by atoms with E-state index in [0.29, 0.717) is 0 Å². The van der Waals surface area contributed by atoms with E-state index in [-0.39, 0.29) is 22.6 Å². The number of nitrogens with one attached hydrogen (secondary N) is 1. The Morgan fingerprint density at radius 3 is 2.26 bits per heavy atom. The van der Waals surface area contributed by atoms with E-state index in [0.717, 1.165) is 0 Å². The fourth-order valence-corrected chi connectivity index (χ4v) is 1.92. The number of para-hydroxylation sites is 2. The monoisotopic (exact) mass is 321 g/mol. The standard InChI is InChI=1S/C16H13F2NO4/c1-22-15(21)10-6-2-4-8-12(10)19-14(20)11-7-3-5-9-13(11)23-16(17)18/h2-9,16H,1H3,(H,19,20). The molecule has 0 aliphatic carbocycles. The molecular weight excluding hydrogens is 308 g/mol. The van der Waals surface area contributed by atoms with Gasteiger partial charge in [0, 0.05) is 0 Å². The predicted molar refractivity (Wildman–Crippen MR) is 78.8 cm³/mol. The van der Waals surface area contributed by atoms with Crippen LogP contribution in [0.5, 0.6) is 5.75 Å². The van der Waals surface area contributed by atoms with Gasteiger partial charge in [-0.3, -0.25) is 4.79 Å². The summed E-state index contributed by atoms with van der Waals surface area (Å²) in [4.78, 5) is 24.0. The third-order valence-corrected chi connectivity index (χ3v) is 2.93. The summed E-state index contributed by atoms with van der Waals surface area (Å²) in [7, 11) is 1.21. The number of carbonyl (C=O) groups is 2. The van der Waals surface area contributed by atoms with Crippen LogP contribution in [-0.4, -0.2) is 25.6 Å². The number of benzene rings is 2. The van der Waals surface area contributed by atoms with Crippen LogP contribution < -0.4 is 10.1 Å². The van der Waals surface area contributed by atoms with E-state index in [1.807, 2.05) is 0 Å². The molecule has 0 fully saturated rings. The number of esters is 1. The Labute approximate surface area is 130 Å². The molecule has 1 amide bonds. The van der Waals surface area contributed by atoms with Gasteiger partial charge in [-0.25, -0.2) is 4.79 Å². The molecule has 120 valence electrons. The van der Waals surface area contributed by atoms with Gasteiger partial charge in [-0.1, -0.05) is 24.3 Å². The van der Waals surface area contributed by atoms with Gasteiger partial charge in [-0.05, 0) is 24.3 Å². The van der Waals surface area contributed by atoms with Crippen molar-refractivity contribution in [1.29, 1.82) is 0 Å². The Hall–Kier alpha value is -2.96. The third kappa shape index (κ3) is 4.03. The van der Waals surface area contributed by atoms with E-state index >= 15 is 0 Å². The highest BCUT2D eigenvalue weighted by Crippen LogP contribution is 2.23. The lowest BCUT2D eigenvalue weighted by atomic mass is 10.1. The first-order chi connectivity index (χ1) is 11.0. The third-order valence-electron chi connectivity index (χ3n) is 2.93. The highest BCUT2D eigenvalue weighted by molar-refractivity contribution is 6.09. The molecule has 23 heavy (non-hydrogen) atoms. The number of hydrogen-bond acceptors (Lipinski definition) is 4. The fraction of sp³-hybridized carbons (Fsp3) is 0.125. The summed E-state index contributed by atoms with van der Waals surface area (Å²) in [5, 5.41) is 2.49. The number of carbonyl (C=O) groups excluding carboxylic acids is 2. The molecule has 0 bridgehead atoms. The van der Waals surface area contributed by atoms with Gasteiger partial charge in [-0.2, -0.15) is 8.78 Å². The SMILES string of the molecule is COC(=O)c1ccccc1NC(=O)c1ccccc1OC(F)F. The van der Waals surface area contributed by atoms with Crippen molar-refractivity contribution in [2.75, 3.05) is 12.4 Å². The van der Waals surface area contributed by atoms with Crippen molar-refractivity contribution in [3.05, 3.63) is 59.7 Å². The summed E-state index contributed by atoms with van der Waals surface area (Å²) < 4.78 is 33.7. The lowest BCUT2D eigenvalue weighted by Crippen LogP contribution is -2.17. The van der Waals surface area contributed by atoms with Crippen LogP contribution >= 0.6 is 0 Å². The normalized spacial score (nSPS) is 10.3. The summed E-state index contributed by atoms with van der Waals surface area (Å²) >= 11 is 0. The number of alkyl halides is 2. The molecular formula is C16H13F2NO4. The maximum absolute atomic E-state index is 12.4. The summed E-state index contributed by atoms with van der Waals surface area (Å²) in [6.45, 7) is -3.05. The van der Waals surface area contributed by atoms with Crippen molar-refractivity contribution >= 4 is 17.6 Å². The molecule has 0 radical (unpaired) electrons. The fourth-order valence-electron chi connectivity index (χ4n) is 1.92. The molecule has 2 aromatic rings. The average molecular weight is 321 g/mol. The lowest BCUT2D eigenvalue weighted by molar-refractivity contribution is -0.0501. The zero-order valence-corrected chi connectivity index (χ0v) is 12.1. The van der Waals surface area contributed by atoms with Crippen LogP contribution in [0.2, 0.25) is 0 Å². The summed E-state index contributed by atoms with van der Waals surface area (Å²) in [6, 6.07) is 11.8. The van der Waals surface area contributed by atoms with Crippen molar-refractivity contribution in [3.8, 4) is 5.75 Å². The molecule has 0 unspecified atom stereocenters. The van der Waals surface area contributed by atoms with E-state index in [2.05, 4.69) is 14.8 Å². The molecule has 2 rings (SSSR count). The molecule has 0 heterocycles. The molecule has 0 aliphatic rings. The first-order valence-corrected chi connectivity index (χ1v) is 6.55. The van der Waals surface area contributed by atoms with Gasteiger partial charge in [0.1, 0.15) is 5.75 Å². The minimum Gasteiger partial charge on any atom is -0.465 e. The van der Waals surface area contributed by atoms with Gasteiger partial charge >= 0.3 is 12.6 Å². The molecule has 0 atom stereocenters. The largest absolute Gasteiger partial charge is 0.465 e. The Bertz CT molecular complexity index is 719. The smallest absolute Gasteiger partial charge is 0.387 e. The number of rotatable bonds is 5. The summed E-state index contributed by atoms with van der Waals surface area (Å²) in [5.74, 6) is -1.56. The van der Waals surface area contributed by atoms with Crippen molar-refractivity contribution in [3.63, 3.8) is 0 Å². The summed E-state index contributed by atoms with van der Waals surface area (Å²) in [5.41, 5.74) is 0.277. The van der Waals surface area contributed by atoms with E-state index in [9.17, 15) is 18.4 Å². The van der Waals surface area contributed by atoms with E-state index in [1.165, 1.54) is 43.5 Å². The van der Waals surface area contributed by atoms with Crippen molar-refractivity contribution < 1.29 is 27.8 Å². The molecule has 0 saturated carbocycles. The van der Waals surface area contributed by atoms with Crippen molar-refractivity contribution in [2.45, 2.75) is 6.61 Å². The van der Waals surface area contributed by atoms with Crippen molar-refractivity contribution in [1.82, 2.24) is 0 Å². The molecule has 0 aromatic heterocycles. The first-order valence-electron chi connectivity index (χ1n) is 6.55. The number of anilines is 1. The predicted octanol–water partition coefficient (Wildman–Crippen LogP) is 3.33. The lowest BCUT2D eigenvalue weighted by Gasteiger charge is -2.12.